The number of hydrogen-bond donors (Lipinski definition) is 0. The predicted octanol–water partition coefficient (Wildman–Crippen LogP) is 1.56. The highest BCUT2D eigenvalue weighted by Crippen LogP contribution is 2.09. The first-order chi connectivity index (χ1) is 7.81. The number of carbonyl (C=O) groups is 1. The van der Waals surface area contributed by atoms with Crippen LogP contribution in [0, 0.1) is 0 Å². The number of ether oxygens (including phenoxy) is 2. The van der Waals surface area contributed by atoms with Gasteiger partial charge in [-0.1, -0.05) is 17.3 Å². The average molecular weight is 221 g/mol. The number of carbonyl (C=O) groups excluding carboxylic acids is 1. The zero-order chi connectivity index (χ0) is 11.4. The van der Waals surface area contributed by atoms with Gasteiger partial charge in [-0.05, 0) is 19.1 Å². The number of fused-ring (bicyclic) bond motifs is 1. The molecule has 0 saturated heterocycles. The molecule has 1 aromatic carbocycles. The fraction of sp³-hybridized carbons (Fsp3) is 0.300. The Balaban J connectivity index is 2.07. The van der Waals surface area contributed by atoms with E-state index < -0.39 is 6.16 Å². The van der Waals surface area contributed by atoms with Crippen LogP contribution in [-0.2, 0) is 16.2 Å². The molecular weight excluding hydrogens is 210 g/mol. The van der Waals surface area contributed by atoms with Gasteiger partial charge in [-0.15, -0.1) is 5.10 Å². The van der Waals surface area contributed by atoms with E-state index in [-0.39, 0.29) is 13.3 Å². The van der Waals surface area contributed by atoms with E-state index in [0.717, 1.165) is 11.0 Å². The summed E-state index contributed by atoms with van der Waals surface area (Å²) in [7, 11) is 0. The summed E-state index contributed by atoms with van der Waals surface area (Å²) in [6.07, 6.45) is -0.706. The van der Waals surface area contributed by atoms with Gasteiger partial charge in [-0.2, -0.15) is 0 Å². The Morgan fingerprint density at radius 2 is 2.19 bits per heavy atom. The van der Waals surface area contributed by atoms with Crippen LogP contribution in [0.25, 0.3) is 11.0 Å². The molecule has 1 aromatic heterocycles. The molecule has 0 spiro atoms. The second-order valence-electron chi connectivity index (χ2n) is 3.03. The van der Waals surface area contributed by atoms with Crippen LogP contribution in [0.2, 0.25) is 0 Å². The lowest BCUT2D eigenvalue weighted by Crippen LogP contribution is -2.11. The van der Waals surface area contributed by atoms with E-state index in [9.17, 15) is 4.79 Å². The van der Waals surface area contributed by atoms with Crippen LogP contribution < -0.4 is 0 Å². The summed E-state index contributed by atoms with van der Waals surface area (Å²) in [5.41, 5.74) is 1.57. The molecule has 0 amide bonds. The molecule has 1 heterocycles. The van der Waals surface area contributed by atoms with Gasteiger partial charge in [0.2, 0.25) is 0 Å². The fourth-order valence-electron chi connectivity index (χ4n) is 1.29. The zero-order valence-corrected chi connectivity index (χ0v) is 8.79. The van der Waals surface area contributed by atoms with Crippen LogP contribution in [0.5, 0.6) is 0 Å². The molecular formula is C10H11N3O3. The molecule has 0 aliphatic rings. The summed E-state index contributed by atoms with van der Waals surface area (Å²) >= 11 is 0. The normalized spacial score (nSPS) is 10.3. The number of aromatic nitrogens is 3. The molecule has 16 heavy (non-hydrogen) atoms. The lowest BCUT2D eigenvalue weighted by molar-refractivity contribution is 0.0343. The molecule has 0 bridgehead atoms. The Morgan fingerprint density at radius 1 is 1.38 bits per heavy atom. The minimum absolute atomic E-state index is 0.000648. The van der Waals surface area contributed by atoms with Crippen molar-refractivity contribution in [3.63, 3.8) is 0 Å². The molecule has 84 valence electrons. The van der Waals surface area contributed by atoms with E-state index in [1.807, 2.05) is 24.3 Å². The van der Waals surface area contributed by atoms with Gasteiger partial charge in [0, 0.05) is 0 Å². The molecule has 0 N–H and O–H groups in total. The Labute approximate surface area is 91.8 Å². The summed E-state index contributed by atoms with van der Waals surface area (Å²) in [5.74, 6) is 0. The fourth-order valence-corrected chi connectivity index (χ4v) is 1.29. The van der Waals surface area contributed by atoms with Crippen molar-refractivity contribution in [3.05, 3.63) is 24.3 Å². The van der Waals surface area contributed by atoms with Gasteiger partial charge in [-0.25, -0.2) is 9.48 Å². The van der Waals surface area contributed by atoms with E-state index in [2.05, 4.69) is 15.0 Å². The van der Waals surface area contributed by atoms with Crippen molar-refractivity contribution in [2.24, 2.45) is 0 Å². The predicted molar refractivity (Wildman–Crippen MR) is 55.6 cm³/mol. The molecule has 2 rings (SSSR count). The highest BCUT2D eigenvalue weighted by atomic mass is 16.7. The SMILES string of the molecule is CCOC(=O)OCn1nnc2ccccc21. The Hall–Kier alpha value is -2.11. The lowest BCUT2D eigenvalue weighted by Gasteiger charge is -2.04. The Morgan fingerprint density at radius 3 is 3.00 bits per heavy atom. The molecule has 6 nitrogen and oxygen atoms in total. The molecule has 0 atom stereocenters. The van der Waals surface area contributed by atoms with Gasteiger partial charge >= 0.3 is 6.16 Å². The first kappa shape index (κ1) is 10.4. The van der Waals surface area contributed by atoms with Gasteiger partial charge < -0.3 is 9.47 Å². The molecule has 6 heteroatoms. The quantitative estimate of drug-likeness (QED) is 0.736. The van der Waals surface area contributed by atoms with E-state index in [1.54, 1.807) is 6.92 Å². The third kappa shape index (κ3) is 2.10. The van der Waals surface area contributed by atoms with Crippen molar-refractivity contribution in [1.82, 2.24) is 15.0 Å². The molecule has 0 aliphatic carbocycles. The second-order valence-corrected chi connectivity index (χ2v) is 3.03. The summed E-state index contributed by atoms with van der Waals surface area (Å²) in [5, 5.41) is 7.78. The van der Waals surface area contributed by atoms with E-state index in [1.165, 1.54) is 4.68 Å². The summed E-state index contributed by atoms with van der Waals surface area (Å²) in [4.78, 5) is 11.0. The van der Waals surface area contributed by atoms with Crippen LogP contribution in [0.15, 0.2) is 24.3 Å². The smallest absolute Gasteiger partial charge is 0.435 e. The van der Waals surface area contributed by atoms with Crippen molar-refractivity contribution in [2.75, 3.05) is 6.61 Å². The molecule has 0 radical (unpaired) electrons. The number of nitrogens with zero attached hydrogens (tertiary/aromatic N) is 3. The van der Waals surface area contributed by atoms with Crippen LogP contribution in [-0.4, -0.2) is 27.8 Å². The Bertz CT molecular complexity index is 495. The Kier molecular flexibility index (Phi) is 3.00. The van der Waals surface area contributed by atoms with Crippen LogP contribution in [0.1, 0.15) is 6.92 Å². The first-order valence-electron chi connectivity index (χ1n) is 4.89. The zero-order valence-electron chi connectivity index (χ0n) is 8.79. The number of benzene rings is 1. The van der Waals surface area contributed by atoms with Gasteiger partial charge in [0.05, 0.1) is 12.1 Å². The monoisotopic (exact) mass is 221 g/mol. The average Bonchev–Trinajstić information content (AvgIpc) is 2.70. The highest BCUT2D eigenvalue weighted by Gasteiger charge is 2.06. The minimum atomic E-state index is -0.706. The van der Waals surface area contributed by atoms with Crippen molar-refractivity contribution >= 4 is 17.2 Å². The molecule has 0 unspecified atom stereocenters. The molecule has 0 saturated carbocycles. The van der Waals surface area contributed by atoms with Crippen LogP contribution in [0.3, 0.4) is 0 Å². The van der Waals surface area contributed by atoms with E-state index in [0.29, 0.717) is 0 Å². The van der Waals surface area contributed by atoms with Gasteiger partial charge in [0.1, 0.15) is 5.52 Å². The van der Waals surface area contributed by atoms with E-state index in [4.69, 9.17) is 4.74 Å². The minimum Gasteiger partial charge on any atom is -0.435 e. The van der Waals surface area contributed by atoms with Crippen molar-refractivity contribution < 1.29 is 14.3 Å². The maximum Gasteiger partial charge on any atom is 0.510 e. The van der Waals surface area contributed by atoms with Crippen molar-refractivity contribution in [3.8, 4) is 0 Å². The molecule has 2 aromatic rings. The first-order valence-corrected chi connectivity index (χ1v) is 4.89. The summed E-state index contributed by atoms with van der Waals surface area (Å²) in [6, 6.07) is 7.42. The van der Waals surface area contributed by atoms with Crippen LogP contribution >= 0.6 is 0 Å². The van der Waals surface area contributed by atoms with Crippen molar-refractivity contribution in [2.45, 2.75) is 13.7 Å². The second kappa shape index (κ2) is 4.61. The van der Waals surface area contributed by atoms with Crippen molar-refractivity contribution in [1.29, 1.82) is 0 Å². The third-order valence-electron chi connectivity index (χ3n) is 1.99. The number of hydrogen-bond acceptors (Lipinski definition) is 5. The summed E-state index contributed by atoms with van der Waals surface area (Å²) in [6.45, 7) is 2.00. The van der Waals surface area contributed by atoms with Gasteiger partial charge in [0.25, 0.3) is 0 Å². The van der Waals surface area contributed by atoms with Gasteiger partial charge in [0.15, 0.2) is 6.73 Å². The summed E-state index contributed by atoms with van der Waals surface area (Å²) < 4.78 is 11.0. The number of para-hydroxylation sites is 1. The number of rotatable bonds is 3. The van der Waals surface area contributed by atoms with Gasteiger partial charge in [-0.3, -0.25) is 0 Å². The standard InChI is InChI=1S/C10H11N3O3/c1-2-15-10(14)16-7-13-9-6-4-3-5-8(9)11-12-13/h3-6H,2,7H2,1H3. The van der Waals surface area contributed by atoms with E-state index >= 15 is 0 Å². The third-order valence-corrected chi connectivity index (χ3v) is 1.99. The lowest BCUT2D eigenvalue weighted by atomic mass is 10.3. The topological polar surface area (TPSA) is 66.2 Å². The maximum absolute atomic E-state index is 11.0. The largest absolute Gasteiger partial charge is 0.510 e. The highest BCUT2D eigenvalue weighted by molar-refractivity contribution is 5.73. The van der Waals surface area contributed by atoms with Crippen LogP contribution in [0.4, 0.5) is 4.79 Å². The molecule has 0 fully saturated rings. The maximum atomic E-state index is 11.0. The molecule has 0 aliphatic heterocycles.